The minimum atomic E-state index is -0.0585. The molecule has 3 rings (SSSR count). The highest BCUT2D eigenvalue weighted by Crippen LogP contribution is 2.21. The van der Waals surface area contributed by atoms with E-state index in [9.17, 15) is 4.79 Å². The van der Waals surface area contributed by atoms with Gasteiger partial charge in [0.15, 0.2) is 0 Å². The number of carbonyl (C=O) groups is 1. The van der Waals surface area contributed by atoms with Crippen molar-refractivity contribution in [2.45, 2.75) is 18.9 Å². The summed E-state index contributed by atoms with van der Waals surface area (Å²) in [5, 5.41) is 12.0. The van der Waals surface area contributed by atoms with Crippen LogP contribution in [0, 0.1) is 13.8 Å². The monoisotopic (exact) mass is 350 g/mol. The number of aromatic nitrogens is 3. The number of nitrogens with one attached hydrogen (secondary N) is 1. The Hall–Kier alpha value is -2.73. The van der Waals surface area contributed by atoms with E-state index in [0.29, 0.717) is 5.03 Å². The zero-order chi connectivity index (χ0) is 17.6. The van der Waals surface area contributed by atoms with Crippen molar-refractivity contribution in [2.75, 3.05) is 11.1 Å². The summed E-state index contributed by atoms with van der Waals surface area (Å²) in [6, 6.07) is 13.4. The van der Waals surface area contributed by atoms with Gasteiger partial charge in [-0.3, -0.25) is 9.78 Å². The van der Waals surface area contributed by atoms with Gasteiger partial charge >= 0.3 is 0 Å². The summed E-state index contributed by atoms with van der Waals surface area (Å²) in [5.41, 5.74) is 4.77. The van der Waals surface area contributed by atoms with Gasteiger partial charge < -0.3 is 5.32 Å². The topological polar surface area (TPSA) is 67.8 Å². The van der Waals surface area contributed by atoms with E-state index in [4.69, 9.17) is 0 Å². The van der Waals surface area contributed by atoms with Crippen molar-refractivity contribution in [3.8, 4) is 11.3 Å². The minimum absolute atomic E-state index is 0.0585. The van der Waals surface area contributed by atoms with Crippen LogP contribution < -0.4 is 5.32 Å². The first-order valence-corrected chi connectivity index (χ1v) is 8.85. The van der Waals surface area contributed by atoms with Crippen molar-refractivity contribution >= 4 is 23.4 Å². The molecule has 0 radical (unpaired) electrons. The number of hydrogen-bond acceptors (Lipinski definition) is 5. The highest BCUT2D eigenvalue weighted by molar-refractivity contribution is 7.99. The number of amides is 1. The number of aryl methyl sites for hydroxylation is 1. The standard InChI is InChI=1S/C19H18N4OS/c1-13-5-3-7-16(14(13)2)21-18(24)12-25-19-9-8-17(22-23-19)15-6-4-10-20-11-15/h3-11H,12H2,1-2H3,(H,21,24). The number of carbonyl (C=O) groups excluding carboxylic acids is 1. The van der Waals surface area contributed by atoms with Gasteiger partial charge in [-0.25, -0.2) is 0 Å². The molecule has 5 nitrogen and oxygen atoms in total. The summed E-state index contributed by atoms with van der Waals surface area (Å²) in [6.45, 7) is 4.03. The number of nitrogens with zero attached hydrogens (tertiary/aromatic N) is 3. The Labute approximate surface area is 150 Å². The lowest BCUT2D eigenvalue weighted by Gasteiger charge is -2.10. The summed E-state index contributed by atoms with van der Waals surface area (Å²) in [7, 11) is 0. The van der Waals surface area contributed by atoms with Gasteiger partial charge in [0.1, 0.15) is 5.03 Å². The number of benzene rings is 1. The molecule has 0 saturated carbocycles. The van der Waals surface area contributed by atoms with Crippen LogP contribution in [0.3, 0.4) is 0 Å². The molecule has 1 aromatic carbocycles. The van der Waals surface area contributed by atoms with Crippen molar-refractivity contribution in [3.63, 3.8) is 0 Å². The minimum Gasteiger partial charge on any atom is -0.325 e. The molecule has 126 valence electrons. The first kappa shape index (κ1) is 17.1. The van der Waals surface area contributed by atoms with Crippen molar-refractivity contribution in [1.82, 2.24) is 15.2 Å². The Morgan fingerprint density at radius 2 is 1.96 bits per heavy atom. The lowest BCUT2D eigenvalue weighted by atomic mass is 10.1. The van der Waals surface area contributed by atoms with E-state index in [1.807, 2.05) is 56.3 Å². The number of hydrogen-bond donors (Lipinski definition) is 1. The summed E-state index contributed by atoms with van der Waals surface area (Å²) < 4.78 is 0. The molecule has 3 aromatic rings. The summed E-state index contributed by atoms with van der Waals surface area (Å²) >= 11 is 1.36. The molecule has 25 heavy (non-hydrogen) atoms. The second kappa shape index (κ2) is 7.90. The van der Waals surface area contributed by atoms with Gasteiger partial charge in [-0.2, -0.15) is 0 Å². The van der Waals surface area contributed by atoms with E-state index in [-0.39, 0.29) is 11.7 Å². The van der Waals surface area contributed by atoms with Crippen LogP contribution in [-0.2, 0) is 4.79 Å². The third kappa shape index (κ3) is 4.42. The number of pyridine rings is 1. The number of rotatable bonds is 5. The highest BCUT2D eigenvalue weighted by Gasteiger charge is 2.08. The molecule has 0 fully saturated rings. The molecule has 1 N–H and O–H groups in total. The summed E-state index contributed by atoms with van der Waals surface area (Å²) in [4.78, 5) is 16.2. The lowest BCUT2D eigenvalue weighted by Crippen LogP contribution is -2.15. The Balaban J connectivity index is 1.58. The van der Waals surface area contributed by atoms with E-state index in [1.54, 1.807) is 12.4 Å². The first-order valence-electron chi connectivity index (χ1n) is 7.86. The number of thioether (sulfide) groups is 1. The largest absolute Gasteiger partial charge is 0.325 e. The van der Waals surface area contributed by atoms with E-state index < -0.39 is 0 Å². The fraction of sp³-hybridized carbons (Fsp3) is 0.158. The SMILES string of the molecule is Cc1cccc(NC(=O)CSc2ccc(-c3cccnc3)nn2)c1C. The van der Waals surface area contributed by atoms with E-state index in [2.05, 4.69) is 20.5 Å². The normalized spacial score (nSPS) is 10.5. The van der Waals surface area contributed by atoms with Gasteiger partial charge in [-0.1, -0.05) is 23.9 Å². The second-order valence-corrected chi connectivity index (χ2v) is 6.58. The fourth-order valence-electron chi connectivity index (χ4n) is 2.28. The maximum absolute atomic E-state index is 12.1. The van der Waals surface area contributed by atoms with Crippen LogP contribution in [0.1, 0.15) is 11.1 Å². The Morgan fingerprint density at radius 3 is 2.68 bits per heavy atom. The van der Waals surface area contributed by atoms with E-state index >= 15 is 0 Å². The van der Waals surface area contributed by atoms with Gasteiger partial charge in [-0.15, -0.1) is 10.2 Å². The van der Waals surface area contributed by atoms with Gasteiger partial charge in [0.2, 0.25) is 5.91 Å². The summed E-state index contributed by atoms with van der Waals surface area (Å²) in [5.74, 6) is 0.228. The van der Waals surface area contributed by atoms with Crippen LogP contribution in [0.5, 0.6) is 0 Å². The van der Waals surface area contributed by atoms with Crippen molar-refractivity contribution in [2.24, 2.45) is 0 Å². The predicted molar refractivity (Wildman–Crippen MR) is 101 cm³/mol. The van der Waals surface area contributed by atoms with Crippen LogP contribution in [0.4, 0.5) is 5.69 Å². The lowest BCUT2D eigenvalue weighted by molar-refractivity contribution is -0.113. The second-order valence-electron chi connectivity index (χ2n) is 5.58. The molecule has 0 atom stereocenters. The third-order valence-electron chi connectivity index (χ3n) is 3.83. The highest BCUT2D eigenvalue weighted by atomic mass is 32.2. The van der Waals surface area contributed by atoms with Crippen LogP contribution in [0.25, 0.3) is 11.3 Å². The molecule has 1 amide bonds. The molecule has 0 unspecified atom stereocenters. The maximum atomic E-state index is 12.1. The zero-order valence-electron chi connectivity index (χ0n) is 14.1. The van der Waals surface area contributed by atoms with Gasteiger partial charge in [0, 0.05) is 23.6 Å². The third-order valence-corrected chi connectivity index (χ3v) is 4.75. The van der Waals surface area contributed by atoms with Crippen LogP contribution in [0.2, 0.25) is 0 Å². The molecular weight excluding hydrogens is 332 g/mol. The first-order chi connectivity index (χ1) is 12.1. The van der Waals surface area contributed by atoms with E-state index in [0.717, 1.165) is 28.1 Å². The molecule has 0 aliphatic heterocycles. The maximum Gasteiger partial charge on any atom is 0.234 e. The number of anilines is 1. The quantitative estimate of drug-likeness (QED) is 0.707. The zero-order valence-corrected chi connectivity index (χ0v) is 14.9. The molecule has 0 aliphatic rings. The molecule has 0 aliphatic carbocycles. The molecule has 0 saturated heterocycles. The average Bonchev–Trinajstić information content (AvgIpc) is 2.65. The Bertz CT molecular complexity index is 866. The summed E-state index contributed by atoms with van der Waals surface area (Å²) in [6.07, 6.45) is 3.46. The van der Waals surface area contributed by atoms with Crippen molar-refractivity contribution in [3.05, 3.63) is 66.0 Å². The van der Waals surface area contributed by atoms with Crippen molar-refractivity contribution in [1.29, 1.82) is 0 Å². The van der Waals surface area contributed by atoms with Crippen LogP contribution in [-0.4, -0.2) is 26.8 Å². The van der Waals surface area contributed by atoms with Gasteiger partial charge in [0.25, 0.3) is 0 Å². The molecular formula is C19H18N4OS. The molecule has 0 spiro atoms. The van der Waals surface area contributed by atoms with Gasteiger partial charge in [0.05, 0.1) is 11.4 Å². The van der Waals surface area contributed by atoms with Crippen LogP contribution in [0.15, 0.2) is 59.9 Å². The van der Waals surface area contributed by atoms with Crippen molar-refractivity contribution < 1.29 is 4.79 Å². The fourth-order valence-corrected chi connectivity index (χ4v) is 2.89. The average molecular weight is 350 g/mol. The Kier molecular flexibility index (Phi) is 5.40. The van der Waals surface area contributed by atoms with Crippen LogP contribution >= 0.6 is 11.8 Å². The predicted octanol–water partition coefficient (Wildman–Crippen LogP) is 3.89. The molecule has 2 aromatic heterocycles. The molecule has 6 heteroatoms. The van der Waals surface area contributed by atoms with E-state index in [1.165, 1.54) is 11.8 Å². The van der Waals surface area contributed by atoms with Gasteiger partial charge in [-0.05, 0) is 55.3 Å². The Morgan fingerprint density at radius 1 is 1.08 bits per heavy atom. The smallest absolute Gasteiger partial charge is 0.234 e. The molecule has 2 heterocycles. The molecule has 0 bridgehead atoms.